The van der Waals surface area contributed by atoms with Gasteiger partial charge < -0.3 is 14.8 Å². The summed E-state index contributed by atoms with van der Waals surface area (Å²) in [7, 11) is 1.54. The molecular formula is C20H20Br2N2O6. The molecular weight excluding hydrogens is 524 g/mol. The monoisotopic (exact) mass is 542 g/mol. The largest absolute Gasteiger partial charge is 0.497 e. The van der Waals surface area contributed by atoms with E-state index < -0.39 is 25.0 Å². The molecule has 1 N–H and O–H groups in total. The third kappa shape index (κ3) is 3.64. The molecule has 6 atom stereocenters. The van der Waals surface area contributed by atoms with Crippen molar-refractivity contribution in [2.75, 3.05) is 25.6 Å². The van der Waals surface area contributed by atoms with Gasteiger partial charge >= 0.3 is 5.97 Å². The van der Waals surface area contributed by atoms with E-state index >= 15 is 0 Å². The van der Waals surface area contributed by atoms with Gasteiger partial charge in [-0.15, -0.1) is 0 Å². The lowest BCUT2D eigenvalue weighted by molar-refractivity contribution is -0.154. The molecule has 3 amide bonds. The molecule has 4 rings (SSSR count). The number of methoxy groups -OCH3 is 1. The highest BCUT2D eigenvalue weighted by Gasteiger charge is 2.66. The van der Waals surface area contributed by atoms with Crippen LogP contribution in [-0.4, -0.2) is 58.5 Å². The maximum atomic E-state index is 12.8. The number of hydrogen-bond acceptors (Lipinski definition) is 6. The average Bonchev–Trinajstić information content (AvgIpc) is 3.34. The molecule has 10 heteroatoms. The fourth-order valence-electron chi connectivity index (χ4n) is 4.76. The summed E-state index contributed by atoms with van der Waals surface area (Å²) in [5.41, 5.74) is 0.527. The maximum Gasteiger partial charge on any atom is 0.326 e. The predicted octanol–water partition coefficient (Wildman–Crippen LogP) is 1.95. The lowest BCUT2D eigenvalue weighted by atomic mass is 9.81. The van der Waals surface area contributed by atoms with Crippen LogP contribution in [0.1, 0.15) is 6.42 Å². The molecule has 1 aromatic rings. The Bertz CT molecular complexity index is 860. The Kier molecular flexibility index (Phi) is 5.89. The molecule has 0 aromatic heterocycles. The van der Waals surface area contributed by atoms with Crippen LogP contribution in [0.15, 0.2) is 24.3 Å². The molecule has 160 valence electrons. The summed E-state index contributed by atoms with van der Waals surface area (Å²) in [5.74, 6) is -1.91. The van der Waals surface area contributed by atoms with Crippen LogP contribution in [0.3, 0.4) is 0 Å². The fourth-order valence-corrected chi connectivity index (χ4v) is 6.63. The van der Waals surface area contributed by atoms with Gasteiger partial charge in [0.1, 0.15) is 12.3 Å². The van der Waals surface area contributed by atoms with Crippen LogP contribution in [0.2, 0.25) is 0 Å². The second-order valence-corrected chi connectivity index (χ2v) is 9.82. The first-order chi connectivity index (χ1) is 14.3. The normalized spacial score (nSPS) is 31.6. The van der Waals surface area contributed by atoms with Crippen molar-refractivity contribution >= 4 is 61.2 Å². The first-order valence-electron chi connectivity index (χ1n) is 9.54. The highest BCUT2D eigenvalue weighted by Crippen LogP contribution is 2.60. The van der Waals surface area contributed by atoms with E-state index in [1.54, 1.807) is 24.3 Å². The highest BCUT2D eigenvalue weighted by atomic mass is 79.9. The van der Waals surface area contributed by atoms with Crippen molar-refractivity contribution in [3.8, 4) is 5.75 Å². The summed E-state index contributed by atoms with van der Waals surface area (Å²) in [6.45, 7) is -0.980. The van der Waals surface area contributed by atoms with E-state index in [1.165, 1.54) is 7.11 Å². The van der Waals surface area contributed by atoms with Gasteiger partial charge in [0.2, 0.25) is 11.8 Å². The number of nitrogens with zero attached hydrogens (tertiary/aromatic N) is 1. The molecule has 3 aliphatic rings. The lowest BCUT2D eigenvalue weighted by Gasteiger charge is -2.28. The van der Waals surface area contributed by atoms with Gasteiger partial charge in [0.05, 0.1) is 18.9 Å². The number of anilines is 1. The van der Waals surface area contributed by atoms with Gasteiger partial charge in [-0.3, -0.25) is 24.1 Å². The Hall–Kier alpha value is -1.94. The number of nitrogens with one attached hydrogen (secondary N) is 1. The minimum atomic E-state index is -0.792. The number of amides is 3. The third-order valence-electron chi connectivity index (χ3n) is 6.10. The zero-order valence-corrected chi connectivity index (χ0v) is 19.2. The molecule has 2 saturated carbocycles. The molecule has 1 aliphatic heterocycles. The molecule has 1 saturated heterocycles. The molecule has 30 heavy (non-hydrogen) atoms. The minimum Gasteiger partial charge on any atom is -0.497 e. The van der Waals surface area contributed by atoms with Gasteiger partial charge in [0.25, 0.3) is 5.91 Å². The van der Waals surface area contributed by atoms with Crippen molar-refractivity contribution in [3.05, 3.63) is 24.3 Å². The number of imide groups is 1. The summed E-state index contributed by atoms with van der Waals surface area (Å²) < 4.78 is 10.0. The van der Waals surface area contributed by atoms with Crippen LogP contribution in [0, 0.1) is 23.7 Å². The number of carbonyl (C=O) groups is 4. The fraction of sp³-hybridized carbons (Fsp3) is 0.500. The smallest absolute Gasteiger partial charge is 0.326 e. The van der Waals surface area contributed by atoms with Gasteiger partial charge in [-0.1, -0.05) is 31.9 Å². The van der Waals surface area contributed by atoms with E-state index in [0.29, 0.717) is 11.4 Å². The average molecular weight is 544 g/mol. The third-order valence-corrected chi connectivity index (χ3v) is 9.31. The van der Waals surface area contributed by atoms with Crippen LogP contribution in [-0.2, 0) is 23.9 Å². The number of alkyl halides is 2. The maximum absolute atomic E-state index is 12.8. The Labute approximate surface area is 189 Å². The second kappa shape index (κ2) is 8.30. The Morgan fingerprint density at radius 1 is 1.07 bits per heavy atom. The van der Waals surface area contributed by atoms with Crippen molar-refractivity contribution in [2.24, 2.45) is 23.7 Å². The minimum absolute atomic E-state index is 0.0807. The van der Waals surface area contributed by atoms with Gasteiger partial charge in [-0.2, -0.15) is 0 Å². The number of fused-ring (bicyclic) bond motifs is 5. The lowest BCUT2D eigenvalue weighted by Crippen LogP contribution is -2.38. The summed E-state index contributed by atoms with van der Waals surface area (Å²) in [4.78, 5) is 51.0. The molecule has 2 aliphatic carbocycles. The predicted molar refractivity (Wildman–Crippen MR) is 113 cm³/mol. The zero-order chi connectivity index (χ0) is 21.6. The van der Waals surface area contributed by atoms with Crippen molar-refractivity contribution < 1.29 is 28.7 Å². The van der Waals surface area contributed by atoms with Crippen molar-refractivity contribution in [3.63, 3.8) is 0 Å². The van der Waals surface area contributed by atoms with Crippen LogP contribution >= 0.6 is 31.9 Å². The standard InChI is InChI=1S/C20H20Br2N2O6/c1-29-10-4-2-9(3-5-10)23-13(25)8-30-14(26)7-24-19(27)15-11-6-12(16(15)20(24)28)18(22)17(11)21/h2-5,11-12,15-18H,6-8H2,1H3,(H,23,25)/t11-,12-,15-,16-,17+,18+/m1/s1. The molecule has 1 aromatic carbocycles. The molecule has 0 radical (unpaired) electrons. The molecule has 2 bridgehead atoms. The Morgan fingerprint density at radius 3 is 2.17 bits per heavy atom. The number of halogens is 2. The molecule has 1 heterocycles. The van der Waals surface area contributed by atoms with Gasteiger partial charge in [-0.25, -0.2) is 0 Å². The first kappa shape index (κ1) is 21.3. The van der Waals surface area contributed by atoms with Crippen molar-refractivity contribution in [2.45, 2.75) is 16.1 Å². The number of hydrogen-bond donors (Lipinski definition) is 1. The number of likely N-dealkylation sites (tertiary alicyclic amines) is 1. The number of benzene rings is 1. The summed E-state index contributed by atoms with van der Waals surface area (Å²) in [5, 5.41) is 2.59. The summed E-state index contributed by atoms with van der Waals surface area (Å²) in [6, 6.07) is 6.68. The van der Waals surface area contributed by atoms with E-state index in [0.717, 1.165) is 11.3 Å². The summed E-state index contributed by atoms with van der Waals surface area (Å²) in [6.07, 6.45) is 0.822. The second-order valence-electron chi connectivity index (χ2n) is 7.70. The van der Waals surface area contributed by atoms with Crippen LogP contribution in [0.25, 0.3) is 0 Å². The molecule has 0 unspecified atom stereocenters. The Balaban J connectivity index is 1.29. The van der Waals surface area contributed by atoms with E-state index in [2.05, 4.69) is 37.2 Å². The highest BCUT2D eigenvalue weighted by molar-refractivity contribution is 9.12. The van der Waals surface area contributed by atoms with E-state index in [9.17, 15) is 19.2 Å². The number of rotatable bonds is 6. The number of carbonyl (C=O) groups excluding carboxylic acids is 4. The van der Waals surface area contributed by atoms with Crippen LogP contribution < -0.4 is 10.1 Å². The van der Waals surface area contributed by atoms with E-state index in [4.69, 9.17) is 9.47 Å². The molecule has 3 fully saturated rings. The molecule has 8 nitrogen and oxygen atoms in total. The number of ether oxygens (including phenoxy) is 2. The SMILES string of the molecule is COc1ccc(NC(=O)COC(=O)CN2C(=O)[C@@H]3[C@H]4C[C@@H]([C@H](Br)[C@H]4Br)[C@H]3C2=O)cc1. The van der Waals surface area contributed by atoms with Gasteiger partial charge in [-0.05, 0) is 42.5 Å². The van der Waals surface area contributed by atoms with Crippen LogP contribution in [0.4, 0.5) is 5.69 Å². The zero-order valence-electron chi connectivity index (χ0n) is 16.0. The van der Waals surface area contributed by atoms with Crippen molar-refractivity contribution in [1.82, 2.24) is 4.90 Å². The first-order valence-corrected chi connectivity index (χ1v) is 11.4. The quantitative estimate of drug-likeness (QED) is 0.334. The van der Waals surface area contributed by atoms with E-state index in [-0.39, 0.29) is 45.1 Å². The van der Waals surface area contributed by atoms with Crippen molar-refractivity contribution in [1.29, 1.82) is 0 Å². The van der Waals surface area contributed by atoms with Gasteiger partial charge in [0, 0.05) is 15.3 Å². The topological polar surface area (TPSA) is 102 Å². The summed E-state index contributed by atoms with van der Waals surface area (Å²) >= 11 is 7.24. The van der Waals surface area contributed by atoms with Gasteiger partial charge in [0.15, 0.2) is 6.61 Å². The van der Waals surface area contributed by atoms with E-state index in [1.807, 2.05) is 0 Å². The van der Waals surface area contributed by atoms with Crippen LogP contribution in [0.5, 0.6) is 5.75 Å². The number of esters is 1. The Morgan fingerprint density at radius 2 is 1.63 bits per heavy atom. The molecule has 0 spiro atoms.